The monoisotopic (exact) mass is 260 g/mol. The molecular formula is C14H13FN2O2. The predicted octanol–water partition coefficient (Wildman–Crippen LogP) is 2.63. The Hall–Kier alpha value is -2.30. The summed E-state index contributed by atoms with van der Waals surface area (Å²) < 4.78 is 18.5. The number of hydrogen-bond donors (Lipinski definition) is 0. The Balaban J connectivity index is 2.29. The van der Waals surface area contributed by atoms with E-state index in [1.807, 2.05) is 13.8 Å². The molecule has 0 atom stereocenters. The van der Waals surface area contributed by atoms with Crippen molar-refractivity contribution in [2.75, 3.05) is 0 Å². The largest absolute Gasteiger partial charge is 0.489 e. The Morgan fingerprint density at radius 1 is 1.11 bits per heavy atom. The van der Waals surface area contributed by atoms with Crippen LogP contribution in [-0.2, 0) is 0 Å². The maximum Gasteiger partial charge on any atom is 0.196 e. The number of hydrogen-bond acceptors (Lipinski definition) is 4. The Morgan fingerprint density at radius 2 is 1.74 bits per heavy atom. The number of nitrogens with zero attached hydrogens (tertiary/aromatic N) is 2. The number of pyridine rings is 2. The number of aromatic nitrogens is 2. The van der Waals surface area contributed by atoms with Gasteiger partial charge in [-0.25, -0.2) is 4.39 Å². The van der Waals surface area contributed by atoms with Crippen LogP contribution in [0.3, 0.4) is 0 Å². The normalized spacial score (nSPS) is 10.5. The zero-order valence-corrected chi connectivity index (χ0v) is 10.6. The molecule has 0 aliphatic carbocycles. The van der Waals surface area contributed by atoms with Crippen LogP contribution in [0.2, 0.25) is 0 Å². The van der Waals surface area contributed by atoms with Crippen LogP contribution in [0.25, 0.3) is 0 Å². The highest BCUT2D eigenvalue weighted by Crippen LogP contribution is 2.16. The van der Waals surface area contributed by atoms with Crippen molar-refractivity contribution in [3.63, 3.8) is 0 Å². The summed E-state index contributed by atoms with van der Waals surface area (Å²) in [4.78, 5) is 19.7. The minimum Gasteiger partial charge on any atom is -0.489 e. The van der Waals surface area contributed by atoms with Gasteiger partial charge in [0.1, 0.15) is 11.6 Å². The highest BCUT2D eigenvalue weighted by atomic mass is 19.1. The van der Waals surface area contributed by atoms with E-state index in [-0.39, 0.29) is 17.5 Å². The van der Waals surface area contributed by atoms with Crippen LogP contribution < -0.4 is 4.74 Å². The van der Waals surface area contributed by atoms with Crippen molar-refractivity contribution in [1.82, 2.24) is 9.97 Å². The molecule has 0 amide bonds. The molecule has 0 saturated carbocycles. The number of halogens is 1. The van der Waals surface area contributed by atoms with Crippen LogP contribution in [0.15, 0.2) is 36.9 Å². The lowest BCUT2D eigenvalue weighted by Gasteiger charge is -2.09. The molecule has 0 spiro atoms. The molecule has 2 aromatic rings. The summed E-state index contributed by atoms with van der Waals surface area (Å²) in [7, 11) is 0. The van der Waals surface area contributed by atoms with E-state index in [2.05, 4.69) is 9.97 Å². The van der Waals surface area contributed by atoms with Crippen molar-refractivity contribution in [2.45, 2.75) is 20.0 Å². The summed E-state index contributed by atoms with van der Waals surface area (Å²) in [5.41, 5.74) is 0.522. The van der Waals surface area contributed by atoms with Gasteiger partial charge in [0, 0.05) is 23.5 Å². The molecule has 19 heavy (non-hydrogen) atoms. The van der Waals surface area contributed by atoms with E-state index in [9.17, 15) is 9.18 Å². The Kier molecular flexibility index (Phi) is 3.85. The fourth-order valence-corrected chi connectivity index (χ4v) is 1.58. The number of rotatable bonds is 4. The lowest BCUT2D eigenvalue weighted by atomic mass is 10.1. The standard InChI is InChI=1S/C14H13FN2O2/c1-9(2)19-13-4-11(6-17-8-13)14(18)10-3-12(15)7-16-5-10/h3-9H,1-2H3. The molecule has 2 heterocycles. The van der Waals surface area contributed by atoms with Gasteiger partial charge in [-0.05, 0) is 26.0 Å². The molecule has 2 rings (SSSR count). The summed E-state index contributed by atoms with van der Waals surface area (Å²) >= 11 is 0. The van der Waals surface area contributed by atoms with Crippen LogP contribution in [0, 0.1) is 5.82 Å². The maximum absolute atomic E-state index is 13.0. The minimum atomic E-state index is -0.548. The molecule has 0 saturated heterocycles. The first-order chi connectivity index (χ1) is 9.06. The van der Waals surface area contributed by atoms with E-state index in [1.54, 1.807) is 6.07 Å². The van der Waals surface area contributed by atoms with Crippen LogP contribution in [0.1, 0.15) is 29.8 Å². The summed E-state index contributed by atoms with van der Waals surface area (Å²) in [5.74, 6) is -0.382. The number of carbonyl (C=O) groups is 1. The summed E-state index contributed by atoms with van der Waals surface area (Å²) in [6, 6.07) is 2.73. The van der Waals surface area contributed by atoms with Crippen molar-refractivity contribution in [3.05, 3.63) is 53.9 Å². The topological polar surface area (TPSA) is 52.1 Å². The van der Waals surface area contributed by atoms with E-state index in [0.29, 0.717) is 11.3 Å². The molecule has 0 unspecified atom stereocenters. The highest BCUT2D eigenvalue weighted by molar-refractivity contribution is 6.08. The first kappa shape index (κ1) is 13.1. The molecule has 0 bridgehead atoms. The van der Waals surface area contributed by atoms with E-state index in [4.69, 9.17) is 4.74 Å². The highest BCUT2D eigenvalue weighted by Gasteiger charge is 2.12. The van der Waals surface area contributed by atoms with Gasteiger partial charge in [0.05, 0.1) is 18.5 Å². The van der Waals surface area contributed by atoms with Gasteiger partial charge in [-0.3, -0.25) is 14.8 Å². The van der Waals surface area contributed by atoms with Crippen molar-refractivity contribution >= 4 is 5.78 Å². The molecule has 5 heteroatoms. The van der Waals surface area contributed by atoms with Gasteiger partial charge in [-0.15, -0.1) is 0 Å². The van der Waals surface area contributed by atoms with E-state index < -0.39 is 5.82 Å². The number of ether oxygens (including phenoxy) is 1. The van der Waals surface area contributed by atoms with Crippen LogP contribution in [0.5, 0.6) is 5.75 Å². The SMILES string of the molecule is CC(C)Oc1cncc(C(=O)c2cncc(F)c2)c1. The zero-order chi connectivity index (χ0) is 13.8. The van der Waals surface area contributed by atoms with Crippen LogP contribution >= 0.6 is 0 Å². The smallest absolute Gasteiger partial charge is 0.196 e. The second-order valence-electron chi connectivity index (χ2n) is 4.30. The molecule has 2 aromatic heterocycles. The zero-order valence-electron chi connectivity index (χ0n) is 10.6. The Labute approximate surface area is 110 Å². The predicted molar refractivity (Wildman–Crippen MR) is 67.6 cm³/mol. The number of ketones is 1. The summed E-state index contributed by atoms with van der Waals surface area (Å²) in [5, 5.41) is 0. The molecular weight excluding hydrogens is 247 g/mol. The van der Waals surface area contributed by atoms with E-state index in [1.165, 1.54) is 18.6 Å². The van der Waals surface area contributed by atoms with Crippen LogP contribution in [0.4, 0.5) is 4.39 Å². The van der Waals surface area contributed by atoms with Crippen molar-refractivity contribution in [1.29, 1.82) is 0 Å². The van der Waals surface area contributed by atoms with Gasteiger partial charge < -0.3 is 4.74 Å². The molecule has 0 aliphatic rings. The molecule has 0 fully saturated rings. The molecule has 98 valence electrons. The number of carbonyl (C=O) groups excluding carboxylic acids is 1. The second-order valence-corrected chi connectivity index (χ2v) is 4.30. The second kappa shape index (κ2) is 5.56. The molecule has 0 radical (unpaired) electrons. The average molecular weight is 260 g/mol. The Morgan fingerprint density at radius 3 is 2.37 bits per heavy atom. The van der Waals surface area contributed by atoms with Gasteiger partial charge in [0.2, 0.25) is 0 Å². The third kappa shape index (κ3) is 3.34. The molecule has 4 nitrogen and oxygen atoms in total. The fourth-order valence-electron chi connectivity index (χ4n) is 1.58. The van der Waals surface area contributed by atoms with Gasteiger partial charge in [0.25, 0.3) is 0 Å². The lowest BCUT2D eigenvalue weighted by molar-refractivity contribution is 0.103. The average Bonchev–Trinajstić information content (AvgIpc) is 2.37. The Bertz CT molecular complexity index is 600. The van der Waals surface area contributed by atoms with Gasteiger partial charge in [0.15, 0.2) is 5.78 Å². The van der Waals surface area contributed by atoms with Gasteiger partial charge in [-0.2, -0.15) is 0 Å². The summed E-state index contributed by atoms with van der Waals surface area (Å²) in [6.07, 6.45) is 5.30. The summed E-state index contributed by atoms with van der Waals surface area (Å²) in [6.45, 7) is 3.76. The molecule has 0 aromatic carbocycles. The third-order valence-electron chi connectivity index (χ3n) is 2.31. The van der Waals surface area contributed by atoms with E-state index in [0.717, 1.165) is 12.3 Å². The van der Waals surface area contributed by atoms with Crippen molar-refractivity contribution < 1.29 is 13.9 Å². The van der Waals surface area contributed by atoms with Gasteiger partial charge in [-0.1, -0.05) is 0 Å². The fraction of sp³-hybridized carbons (Fsp3) is 0.214. The molecule has 0 N–H and O–H groups in total. The quantitative estimate of drug-likeness (QED) is 0.793. The first-order valence-corrected chi connectivity index (χ1v) is 5.83. The van der Waals surface area contributed by atoms with Crippen molar-refractivity contribution in [2.24, 2.45) is 0 Å². The lowest BCUT2D eigenvalue weighted by Crippen LogP contribution is -2.08. The van der Waals surface area contributed by atoms with Crippen molar-refractivity contribution in [3.8, 4) is 5.75 Å². The third-order valence-corrected chi connectivity index (χ3v) is 2.31. The van der Waals surface area contributed by atoms with Gasteiger partial charge >= 0.3 is 0 Å². The molecule has 0 aliphatic heterocycles. The van der Waals surface area contributed by atoms with Crippen LogP contribution in [-0.4, -0.2) is 21.9 Å². The van der Waals surface area contributed by atoms with E-state index >= 15 is 0 Å². The maximum atomic E-state index is 13.0. The first-order valence-electron chi connectivity index (χ1n) is 5.83. The minimum absolute atomic E-state index is 0.0111.